The van der Waals surface area contributed by atoms with E-state index < -0.39 is 11.6 Å². The molecule has 1 aromatic heterocycles. The molecule has 0 aliphatic rings. The summed E-state index contributed by atoms with van der Waals surface area (Å²) in [6.45, 7) is 4.60. The van der Waals surface area contributed by atoms with E-state index in [1.807, 2.05) is 26.1 Å². The third-order valence-electron chi connectivity index (χ3n) is 3.84. The average Bonchev–Trinajstić information content (AvgIpc) is 2.57. The fourth-order valence-electron chi connectivity index (χ4n) is 2.36. The molecule has 0 bridgehead atoms. The van der Waals surface area contributed by atoms with E-state index >= 15 is 0 Å². The van der Waals surface area contributed by atoms with Gasteiger partial charge in [0.05, 0.1) is 6.04 Å². The summed E-state index contributed by atoms with van der Waals surface area (Å²) in [7, 11) is 1.67. The summed E-state index contributed by atoms with van der Waals surface area (Å²) >= 11 is 0. The zero-order valence-corrected chi connectivity index (χ0v) is 16.8. The van der Waals surface area contributed by atoms with Gasteiger partial charge < -0.3 is 10.6 Å². The summed E-state index contributed by atoms with van der Waals surface area (Å²) in [5.74, 6) is -1.09. The van der Waals surface area contributed by atoms with Gasteiger partial charge >= 0.3 is 0 Å². The predicted octanol–water partition coefficient (Wildman–Crippen LogP) is 3.75. The van der Waals surface area contributed by atoms with Crippen molar-refractivity contribution in [3.8, 4) is 0 Å². The third-order valence-corrected chi connectivity index (χ3v) is 3.84. The highest BCUT2D eigenvalue weighted by Crippen LogP contribution is 2.15. The van der Waals surface area contributed by atoms with Crippen LogP contribution in [0.15, 0.2) is 41.7 Å². The minimum atomic E-state index is -0.850. The first-order valence-corrected chi connectivity index (χ1v) is 7.83. The molecule has 7 heteroatoms. The Morgan fingerprint density at radius 1 is 1.24 bits per heavy atom. The smallest absolute Gasteiger partial charge is 0.191 e. The SMILES string of the molecule is CN=C(NCCc1ccncc1C)NC(C)c1ccc(F)c(F)c1.I. The molecule has 1 atom stereocenters. The zero-order chi connectivity index (χ0) is 17.5. The molecule has 1 heterocycles. The summed E-state index contributed by atoms with van der Waals surface area (Å²) in [5.41, 5.74) is 3.03. The largest absolute Gasteiger partial charge is 0.356 e. The van der Waals surface area contributed by atoms with Gasteiger partial charge in [0, 0.05) is 26.0 Å². The van der Waals surface area contributed by atoms with E-state index in [2.05, 4.69) is 20.6 Å². The molecule has 136 valence electrons. The van der Waals surface area contributed by atoms with Gasteiger partial charge in [-0.05, 0) is 55.2 Å². The number of hydrogen-bond acceptors (Lipinski definition) is 2. The molecular weight excluding hydrogens is 437 g/mol. The molecule has 1 aromatic carbocycles. The van der Waals surface area contributed by atoms with Crippen LogP contribution >= 0.6 is 24.0 Å². The van der Waals surface area contributed by atoms with Crippen LogP contribution in [0.3, 0.4) is 0 Å². The van der Waals surface area contributed by atoms with E-state index in [0.29, 0.717) is 18.1 Å². The van der Waals surface area contributed by atoms with E-state index in [9.17, 15) is 8.78 Å². The minimum absolute atomic E-state index is 0. The number of nitrogens with zero attached hydrogens (tertiary/aromatic N) is 2. The molecule has 0 saturated carbocycles. The fraction of sp³-hybridized carbons (Fsp3) is 0.333. The van der Waals surface area contributed by atoms with Crippen LogP contribution in [0.2, 0.25) is 0 Å². The number of guanidine groups is 1. The second kappa shape index (κ2) is 10.3. The van der Waals surface area contributed by atoms with Crippen molar-refractivity contribution in [2.24, 2.45) is 4.99 Å². The molecule has 0 radical (unpaired) electrons. The van der Waals surface area contributed by atoms with E-state index in [1.54, 1.807) is 19.3 Å². The minimum Gasteiger partial charge on any atom is -0.356 e. The molecule has 0 saturated heterocycles. The molecule has 2 rings (SSSR count). The standard InChI is InChI=1S/C18H22F2N4.HI/c1-12-11-22-8-6-14(12)7-9-23-18(21-3)24-13(2)15-4-5-16(19)17(20)10-15;/h4-6,8,10-11,13H,7,9H2,1-3H3,(H2,21,23,24);1H. The molecule has 0 aliphatic heterocycles. The first-order chi connectivity index (χ1) is 11.5. The summed E-state index contributed by atoms with van der Waals surface area (Å²) in [6.07, 6.45) is 4.46. The van der Waals surface area contributed by atoms with Crippen molar-refractivity contribution in [2.45, 2.75) is 26.3 Å². The number of aromatic nitrogens is 1. The lowest BCUT2D eigenvalue weighted by Gasteiger charge is -2.18. The van der Waals surface area contributed by atoms with Crippen LogP contribution in [-0.2, 0) is 6.42 Å². The highest BCUT2D eigenvalue weighted by molar-refractivity contribution is 14.0. The maximum atomic E-state index is 13.3. The van der Waals surface area contributed by atoms with Gasteiger partial charge in [-0.15, -0.1) is 24.0 Å². The average molecular weight is 460 g/mol. The molecular formula is C18H23F2IN4. The summed E-state index contributed by atoms with van der Waals surface area (Å²) in [6, 6.07) is 5.68. The molecule has 0 fully saturated rings. The summed E-state index contributed by atoms with van der Waals surface area (Å²) in [4.78, 5) is 8.24. The molecule has 2 N–H and O–H groups in total. The van der Waals surface area contributed by atoms with Crippen molar-refractivity contribution in [3.63, 3.8) is 0 Å². The Bertz CT molecular complexity index is 722. The van der Waals surface area contributed by atoms with Crippen molar-refractivity contribution in [3.05, 3.63) is 65.0 Å². The lowest BCUT2D eigenvalue weighted by atomic mass is 10.1. The normalized spacial score (nSPS) is 12.3. The van der Waals surface area contributed by atoms with Gasteiger partial charge in [0.15, 0.2) is 17.6 Å². The van der Waals surface area contributed by atoms with Crippen LogP contribution in [0.1, 0.15) is 29.7 Å². The van der Waals surface area contributed by atoms with Crippen LogP contribution in [0.5, 0.6) is 0 Å². The van der Waals surface area contributed by atoms with Crippen LogP contribution < -0.4 is 10.6 Å². The zero-order valence-electron chi connectivity index (χ0n) is 14.5. The molecule has 2 aromatic rings. The lowest BCUT2D eigenvalue weighted by Crippen LogP contribution is -2.39. The molecule has 0 spiro atoms. The highest BCUT2D eigenvalue weighted by atomic mass is 127. The Kier molecular flexibility index (Phi) is 8.74. The summed E-state index contributed by atoms with van der Waals surface area (Å²) in [5, 5.41) is 6.39. The Hall–Kier alpha value is -1.77. The van der Waals surface area contributed by atoms with Gasteiger partial charge in [-0.3, -0.25) is 9.98 Å². The number of nitrogens with one attached hydrogen (secondary N) is 2. The number of pyridine rings is 1. The second-order valence-corrected chi connectivity index (χ2v) is 5.59. The van der Waals surface area contributed by atoms with Crippen molar-refractivity contribution in [2.75, 3.05) is 13.6 Å². The van der Waals surface area contributed by atoms with Gasteiger partial charge in [-0.25, -0.2) is 8.78 Å². The van der Waals surface area contributed by atoms with Crippen molar-refractivity contribution >= 4 is 29.9 Å². The number of aryl methyl sites for hydroxylation is 1. The van der Waals surface area contributed by atoms with Crippen molar-refractivity contribution in [1.82, 2.24) is 15.6 Å². The summed E-state index contributed by atoms with van der Waals surface area (Å²) < 4.78 is 26.3. The maximum absolute atomic E-state index is 13.3. The molecule has 4 nitrogen and oxygen atoms in total. The third kappa shape index (κ3) is 6.22. The van der Waals surface area contributed by atoms with Gasteiger partial charge in [0.25, 0.3) is 0 Å². The predicted molar refractivity (Wildman–Crippen MR) is 107 cm³/mol. The molecule has 25 heavy (non-hydrogen) atoms. The molecule has 0 amide bonds. The number of hydrogen-bond donors (Lipinski definition) is 2. The van der Waals surface area contributed by atoms with Crippen LogP contribution in [-0.4, -0.2) is 24.5 Å². The van der Waals surface area contributed by atoms with Crippen LogP contribution in [0, 0.1) is 18.6 Å². The van der Waals surface area contributed by atoms with E-state index in [4.69, 9.17) is 0 Å². The Morgan fingerprint density at radius 3 is 2.64 bits per heavy atom. The van der Waals surface area contributed by atoms with Crippen molar-refractivity contribution in [1.29, 1.82) is 0 Å². The monoisotopic (exact) mass is 460 g/mol. The first kappa shape index (κ1) is 21.3. The lowest BCUT2D eigenvalue weighted by molar-refractivity contribution is 0.504. The number of halogens is 3. The van der Waals surface area contributed by atoms with Gasteiger partial charge in [-0.2, -0.15) is 0 Å². The van der Waals surface area contributed by atoms with Crippen LogP contribution in [0.4, 0.5) is 8.78 Å². The van der Waals surface area contributed by atoms with Crippen molar-refractivity contribution < 1.29 is 8.78 Å². The van der Waals surface area contributed by atoms with Gasteiger partial charge in [-0.1, -0.05) is 6.07 Å². The van der Waals surface area contributed by atoms with E-state index in [0.717, 1.165) is 18.1 Å². The Labute approximate surface area is 164 Å². The number of rotatable bonds is 5. The Morgan fingerprint density at radius 2 is 2.00 bits per heavy atom. The number of aliphatic imine (C=N–C) groups is 1. The maximum Gasteiger partial charge on any atom is 0.191 e. The molecule has 1 unspecified atom stereocenters. The van der Waals surface area contributed by atoms with Crippen LogP contribution in [0.25, 0.3) is 0 Å². The van der Waals surface area contributed by atoms with Gasteiger partial charge in [0.2, 0.25) is 0 Å². The fourth-order valence-corrected chi connectivity index (χ4v) is 2.36. The van der Waals surface area contributed by atoms with E-state index in [-0.39, 0.29) is 30.0 Å². The Balaban J connectivity index is 0.00000312. The quantitative estimate of drug-likeness (QED) is 0.406. The topological polar surface area (TPSA) is 49.3 Å². The first-order valence-electron chi connectivity index (χ1n) is 7.83. The van der Waals surface area contributed by atoms with Gasteiger partial charge in [0.1, 0.15) is 0 Å². The number of benzene rings is 1. The highest BCUT2D eigenvalue weighted by Gasteiger charge is 2.10. The second-order valence-electron chi connectivity index (χ2n) is 5.59. The van der Waals surface area contributed by atoms with E-state index in [1.165, 1.54) is 11.6 Å². The molecule has 0 aliphatic carbocycles.